The molecule has 3 atom stereocenters. The molecular formula is C12H29FO3Si. The minimum Gasteiger partial charge on any atom is -0.373 e. The fraction of sp³-hybridized carbons (Fsp3) is 1.00. The first-order chi connectivity index (χ1) is 7.53. The van der Waals surface area contributed by atoms with Crippen LogP contribution in [-0.4, -0.2) is 27.8 Å². The maximum Gasteiger partial charge on any atom is 0.484 e. The van der Waals surface area contributed by atoms with Crippen LogP contribution in [0.5, 0.6) is 0 Å². The van der Waals surface area contributed by atoms with E-state index in [1.807, 2.05) is 0 Å². The normalized spacial score (nSPS) is 18.0. The molecule has 5 heteroatoms. The van der Waals surface area contributed by atoms with Crippen molar-refractivity contribution in [3.63, 3.8) is 0 Å². The van der Waals surface area contributed by atoms with E-state index in [-0.39, 0.29) is 23.0 Å². The van der Waals surface area contributed by atoms with Gasteiger partial charge in [-0.25, -0.2) is 0 Å². The zero-order chi connectivity index (χ0) is 12.6. The average Bonchev–Trinajstić information content (AvgIpc) is 2.28. The van der Waals surface area contributed by atoms with Gasteiger partial charge in [0, 0.05) is 18.3 Å². The van der Waals surface area contributed by atoms with Crippen molar-refractivity contribution in [2.24, 2.45) is 0 Å². The second kappa shape index (κ2) is 11.1. The summed E-state index contributed by atoms with van der Waals surface area (Å²) < 4.78 is 17.5. The lowest BCUT2D eigenvalue weighted by Gasteiger charge is -2.25. The highest BCUT2D eigenvalue weighted by atomic mass is 28.3. The summed E-state index contributed by atoms with van der Waals surface area (Å²) in [5.41, 5.74) is 0. The predicted octanol–water partition coefficient (Wildman–Crippen LogP) is 3.30. The van der Waals surface area contributed by atoms with E-state index >= 15 is 0 Å². The van der Waals surface area contributed by atoms with Crippen LogP contribution in [0.15, 0.2) is 0 Å². The van der Waals surface area contributed by atoms with Gasteiger partial charge in [-0.2, -0.15) is 0 Å². The summed E-state index contributed by atoms with van der Waals surface area (Å²) in [6.07, 6.45) is 3.67. The van der Waals surface area contributed by atoms with Gasteiger partial charge in [-0.1, -0.05) is 20.8 Å². The molecule has 0 aliphatic carbocycles. The van der Waals surface area contributed by atoms with Crippen molar-refractivity contribution >= 4 is 9.53 Å². The summed E-state index contributed by atoms with van der Waals surface area (Å²) in [6.45, 7) is 12.5. The number of rotatable bonds is 9. The van der Waals surface area contributed by atoms with Gasteiger partial charge in [-0.3, -0.25) is 4.70 Å². The highest BCUT2D eigenvalue weighted by Gasteiger charge is 2.22. The molecule has 3 nitrogen and oxygen atoms in total. The summed E-state index contributed by atoms with van der Waals surface area (Å²) in [7, 11) is -1.96. The molecule has 106 valence electrons. The number of hydrogen-bond donors (Lipinski definition) is 0. The maximum absolute atomic E-state index is 5.84. The molecule has 0 fully saturated rings. The summed E-state index contributed by atoms with van der Waals surface area (Å²) >= 11 is 0. The first-order valence-electron chi connectivity index (χ1n) is 6.49. The Morgan fingerprint density at radius 2 is 0.941 bits per heavy atom. The standard InChI is InChI=1S/C12H28O3Si.FH/c1-7-10(4)13-16(14-11(5)8-2)15-12(6)9-3;/h10-12,16H,7-9H2,1-6H3;1H. The lowest BCUT2D eigenvalue weighted by Crippen LogP contribution is -2.36. The smallest absolute Gasteiger partial charge is 0.373 e. The van der Waals surface area contributed by atoms with Gasteiger partial charge in [0.1, 0.15) is 0 Å². The van der Waals surface area contributed by atoms with Gasteiger partial charge in [-0.15, -0.1) is 0 Å². The van der Waals surface area contributed by atoms with Crippen molar-refractivity contribution in [2.75, 3.05) is 0 Å². The summed E-state index contributed by atoms with van der Waals surface area (Å²) in [4.78, 5) is 0. The van der Waals surface area contributed by atoms with Crippen molar-refractivity contribution in [1.82, 2.24) is 0 Å². The molecule has 0 spiro atoms. The van der Waals surface area contributed by atoms with Gasteiger partial charge in [0.05, 0.1) is 0 Å². The molecule has 0 saturated carbocycles. The summed E-state index contributed by atoms with van der Waals surface area (Å²) in [5, 5.41) is 0. The fourth-order valence-corrected chi connectivity index (χ4v) is 2.86. The van der Waals surface area contributed by atoms with Crippen LogP contribution in [-0.2, 0) is 13.3 Å². The van der Waals surface area contributed by atoms with Crippen LogP contribution in [0.1, 0.15) is 60.8 Å². The van der Waals surface area contributed by atoms with Crippen molar-refractivity contribution in [3.05, 3.63) is 0 Å². The first-order valence-corrected chi connectivity index (χ1v) is 7.91. The highest BCUT2D eigenvalue weighted by Crippen LogP contribution is 2.09. The van der Waals surface area contributed by atoms with Gasteiger partial charge in [-0.05, 0) is 40.0 Å². The summed E-state index contributed by atoms with van der Waals surface area (Å²) in [6, 6.07) is 0. The van der Waals surface area contributed by atoms with Gasteiger partial charge in [0.25, 0.3) is 0 Å². The zero-order valence-electron chi connectivity index (χ0n) is 12.1. The van der Waals surface area contributed by atoms with Crippen molar-refractivity contribution in [3.8, 4) is 0 Å². The van der Waals surface area contributed by atoms with Crippen LogP contribution in [0, 0.1) is 0 Å². The fourth-order valence-electron chi connectivity index (χ4n) is 0.954. The van der Waals surface area contributed by atoms with Gasteiger partial charge < -0.3 is 13.3 Å². The molecule has 0 N–H and O–H groups in total. The molecule has 0 aliphatic heterocycles. The topological polar surface area (TPSA) is 27.7 Å². The van der Waals surface area contributed by atoms with Crippen molar-refractivity contribution < 1.29 is 18.0 Å². The third-order valence-electron chi connectivity index (χ3n) is 2.76. The van der Waals surface area contributed by atoms with E-state index in [1.54, 1.807) is 0 Å². The van der Waals surface area contributed by atoms with Gasteiger partial charge in [0.15, 0.2) is 0 Å². The summed E-state index contributed by atoms with van der Waals surface area (Å²) in [5.74, 6) is 0. The lowest BCUT2D eigenvalue weighted by atomic mass is 10.3. The Hall–Kier alpha value is 0.0269. The Balaban J connectivity index is 0. The Morgan fingerprint density at radius 3 is 1.12 bits per heavy atom. The van der Waals surface area contributed by atoms with Crippen LogP contribution in [0.4, 0.5) is 4.70 Å². The van der Waals surface area contributed by atoms with E-state index in [0.717, 1.165) is 19.3 Å². The second-order valence-electron chi connectivity index (χ2n) is 4.35. The molecular weight excluding hydrogens is 239 g/mol. The molecule has 0 aliphatic rings. The van der Waals surface area contributed by atoms with Crippen LogP contribution in [0.25, 0.3) is 0 Å². The molecule has 0 heterocycles. The molecule has 0 aromatic rings. The third kappa shape index (κ3) is 9.70. The van der Waals surface area contributed by atoms with E-state index in [0.29, 0.717) is 0 Å². The molecule has 0 radical (unpaired) electrons. The highest BCUT2D eigenvalue weighted by molar-refractivity contribution is 6.36. The predicted molar refractivity (Wildman–Crippen MR) is 72.2 cm³/mol. The molecule has 0 saturated heterocycles. The maximum atomic E-state index is 5.84. The van der Waals surface area contributed by atoms with E-state index < -0.39 is 9.53 Å². The Kier molecular flexibility index (Phi) is 12.7. The van der Waals surface area contributed by atoms with Crippen molar-refractivity contribution in [2.45, 2.75) is 79.1 Å². The lowest BCUT2D eigenvalue weighted by molar-refractivity contribution is 0.0181. The Labute approximate surface area is 107 Å². The molecule has 0 rings (SSSR count). The minimum atomic E-state index is -1.96. The molecule has 0 aromatic heterocycles. The monoisotopic (exact) mass is 268 g/mol. The van der Waals surface area contributed by atoms with E-state index in [1.165, 1.54) is 0 Å². The second-order valence-corrected chi connectivity index (χ2v) is 5.75. The molecule has 0 amide bonds. The number of hydrogen-bond acceptors (Lipinski definition) is 3. The Bertz CT molecular complexity index is 143. The molecule has 0 bridgehead atoms. The van der Waals surface area contributed by atoms with Gasteiger partial charge >= 0.3 is 9.53 Å². The van der Waals surface area contributed by atoms with Crippen LogP contribution in [0.2, 0.25) is 0 Å². The van der Waals surface area contributed by atoms with Gasteiger partial charge in [0.2, 0.25) is 0 Å². The average molecular weight is 268 g/mol. The van der Waals surface area contributed by atoms with Crippen molar-refractivity contribution in [1.29, 1.82) is 0 Å². The first kappa shape index (κ1) is 19.4. The Morgan fingerprint density at radius 1 is 0.706 bits per heavy atom. The van der Waals surface area contributed by atoms with E-state index in [4.69, 9.17) is 13.3 Å². The van der Waals surface area contributed by atoms with Crippen LogP contribution >= 0.6 is 0 Å². The van der Waals surface area contributed by atoms with Crippen LogP contribution < -0.4 is 0 Å². The largest absolute Gasteiger partial charge is 0.484 e. The number of halogens is 1. The zero-order valence-corrected chi connectivity index (χ0v) is 13.2. The minimum absolute atomic E-state index is 0. The van der Waals surface area contributed by atoms with E-state index in [2.05, 4.69) is 41.5 Å². The molecule has 3 unspecified atom stereocenters. The van der Waals surface area contributed by atoms with E-state index in [9.17, 15) is 0 Å². The third-order valence-corrected chi connectivity index (χ3v) is 4.82. The quantitative estimate of drug-likeness (QED) is 0.601. The molecule has 17 heavy (non-hydrogen) atoms. The van der Waals surface area contributed by atoms with Crippen LogP contribution in [0.3, 0.4) is 0 Å². The molecule has 0 aromatic carbocycles. The SMILES string of the molecule is CCC(C)O[SiH](OC(C)CC)OC(C)CC.F.